The number of imidazole rings is 1. The van der Waals surface area contributed by atoms with E-state index in [4.69, 9.17) is 4.98 Å². The summed E-state index contributed by atoms with van der Waals surface area (Å²) in [5, 5.41) is 0. The molecule has 0 saturated carbocycles. The van der Waals surface area contributed by atoms with E-state index < -0.39 is 10.8 Å². The van der Waals surface area contributed by atoms with Crippen molar-refractivity contribution in [2.24, 2.45) is 0 Å². The van der Waals surface area contributed by atoms with Crippen molar-refractivity contribution in [1.82, 2.24) is 15.0 Å². The smallest absolute Gasteiger partial charge is 0.131 e. The van der Waals surface area contributed by atoms with Crippen LogP contribution in [0, 0.1) is 12.7 Å². The molecule has 4 aromatic rings. The third-order valence-corrected chi connectivity index (χ3v) is 6.03. The van der Waals surface area contributed by atoms with Crippen LogP contribution in [0.3, 0.4) is 0 Å². The quantitative estimate of drug-likeness (QED) is 0.380. The number of aromatic amines is 1. The van der Waals surface area contributed by atoms with E-state index in [1.54, 1.807) is 12.3 Å². The highest BCUT2D eigenvalue weighted by Crippen LogP contribution is 2.34. The van der Waals surface area contributed by atoms with Crippen LogP contribution >= 0.6 is 0 Å². The molecule has 4 rings (SSSR count). The van der Waals surface area contributed by atoms with Crippen molar-refractivity contribution >= 4 is 10.8 Å². The molecular formula is C26H26FN3OS. The summed E-state index contributed by atoms with van der Waals surface area (Å²) in [4.78, 5) is 12.9. The second-order valence-electron chi connectivity index (χ2n) is 8.27. The van der Waals surface area contributed by atoms with Gasteiger partial charge in [-0.2, -0.15) is 0 Å². The summed E-state index contributed by atoms with van der Waals surface area (Å²) in [6.45, 7) is 6.12. The molecule has 1 N–H and O–H groups in total. The molecule has 1 atom stereocenters. The lowest BCUT2D eigenvalue weighted by Crippen LogP contribution is -1.93. The molecule has 164 valence electrons. The van der Waals surface area contributed by atoms with Crippen LogP contribution in [-0.2, 0) is 16.6 Å². The molecule has 0 saturated heterocycles. The molecule has 1 unspecified atom stereocenters. The molecule has 32 heavy (non-hydrogen) atoms. The first-order chi connectivity index (χ1) is 15.3. The second kappa shape index (κ2) is 9.17. The van der Waals surface area contributed by atoms with Crippen LogP contribution in [0.5, 0.6) is 0 Å². The van der Waals surface area contributed by atoms with E-state index in [9.17, 15) is 8.60 Å². The Kier molecular flexibility index (Phi) is 6.33. The van der Waals surface area contributed by atoms with Crippen LogP contribution in [0.15, 0.2) is 60.7 Å². The second-order valence-corrected chi connectivity index (χ2v) is 9.71. The molecule has 6 heteroatoms. The summed E-state index contributed by atoms with van der Waals surface area (Å²) >= 11 is 0. The van der Waals surface area contributed by atoms with Gasteiger partial charge in [0, 0.05) is 45.5 Å². The standard InChI is InChI=1S/C26H26FN3OS/c1-16(2)26-29-24(25(30-26)23-7-5-6-17(3)28-23)20-12-13-22(27)21(14-20)19-10-8-18(9-11-19)15-32(4)31/h5-14,16H,15H2,1-4H3,(H,29,30). The molecule has 0 aliphatic rings. The van der Waals surface area contributed by atoms with Crippen LogP contribution < -0.4 is 0 Å². The van der Waals surface area contributed by atoms with Crippen molar-refractivity contribution in [2.45, 2.75) is 32.4 Å². The Bertz CT molecular complexity index is 1280. The maximum absolute atomic E-state index is 14.8. The van der Waals surface area contributed by atoms with Gasteiger partial charge in [0.05, 0.1) is 17.1 Å². The van der Waals surface area contributed by atoms with Gasteiger partial charge >= 0.3 is 0 Å². The van der Waals surface area contributed by atoms with Gasteiger partial charge in [0.15, 0.2) is 0 Å². The van der Waals surface area contributed by atoms with E-state index in [1.807, 2.05) is 55.5 Å². The number of pyridine rings is 1. The minimum atomic E-state index is -0.917. The third kappa shape index (κ3) is 4.70. The molecule has 0 aliphatic carbocycles. The van der Waals surface area contributed by atoms with Gasteiger partial charge in [-0.3, -0.25) is 9.19 Å². The summed E-state index contributed by atoms with van der Waals surface area (Å²) in [5.74, 6) is 1.27. The van der Waals surface area contributed by atoms with E-state index in [2.05, 4.69) is 23.8 Å². The fourth-order valence-electron chi connectivity index (χ4n) is 3.65. The van der Waals surface area contributed by atoms with Crippen molar-refractivity contribution in [3.05, 3.63) is 83.6 Å². The molecule has 0 spiro atoms. The molecule has 0 radical (unpaired) electrons. The molecule has 2 heterocycles. The highest BCUT2D eigenvalue weighted by molar-refractivity contribution is 7.83. The number of aryl methyl sites for hydroxylation is 1. The van der Waals surface area contributed by atoms with E-state index in [-0.39, 0.29) is 11.7 Å². The zero-order valence-electron chi connectivity index (χ0n) is 18.6. The monoisotopic (exact) mass is 447 g/mol. The van der Waals surface area contributed by atoms with Crippen molar-refractivity contribution in [3.63, 3.8) is 0 Å². The topological polar surface area (TPSA) is 58.6 Å². The Hall–Kier alpha value is -3.12. The largest absolute Gasteiger partial charge is 0.340 e. The number of hydrogen-bond acceptors (Lipinski definition) is 3. The number of halogens is 1. The first-order valence-corrected chi connectivity index (χ1v) is 12.3. The van der Waals surface area contributed by atoms with Gasteiger partial charge in [-0.15, -0.1) is 0 Å². The van der Waals surface area contributed by atoms with Crippen LogP contribution in [0.25, 0.3) is 33.8 Å². The third-order valence-electron chi connectivity index (χ3n) is 5.29. The minimum Gasteiger partial charge on any atom is -0.340 e. The average Bonchev–Trinajstić information content (AvgIpc) is 3.20. The lowest BCUT2D eigenvalue weighted by atomic mass is 9.99. The SMILES string of the molecule is Cc1cccc(-c2[nH]c(C(C)C)nc2-c2ccc(F)c(-c3ccc(CS(C)=O)cc3)c2)n1. The first-order valence-electron chi connectivity index (χ1n) is 10.5. The Morgan fingerprint density at radius 3 is 2.38 bits per heavy atom. The number of aromatic nitrogens is 3. The number of rotatable bonds is 6. The molecule has 2 aromatic carbocycles. The van der Waals surface area contributed by atoms with Crippen molar-refractivity contribution in [2.75, 3.05) is 6.26 Å². The average molecular weight is 448 g/mol. The molecular weight excluding hydrogens is 421 g/mol. The lowest BCUT2D eigenvalue weighted by Gasteiger charge is -2.09. The van der Waals surface area contributed by atoms with Gasteiger partial charge in [0.2, 0.25) is 0 Å². The van der Waals surface area contributed by atoms with Crippen LogP contribution in [0.4, 0.5) is 4.39 Å². The molecule has 0 bridgehead atoms. The Balaban J connectivity index is 1.80. The van der Waals surface area contributed by atoms with Crippen LogP contribution in [0.2, 0.25) is 0 Å². The zero-order chi connectivity index (χ0) is 22.8. The number of benzene rings is 2. The minimum absolute atomic E-state index is 0.212. The van der Waals surface area contributed by atoms with Gasteiger partial charge in [-0.05, 0) is 48.4 Å². The molecule has 0 fully saturated rings. The molecule has 4 nitrogen and oxygen atoms in total. The summed E-state index contributed by atoms with van der Waals surface area (Å²) in [6, 6.07) is 18.5. The summed E-state index contributed by atoms with van der Waals surface area (Å²) in [5.41, 5.74) is 6.37. The van der Waals surface area contributed by atoms with Gasteiger partial charge in [-0.25, -0.2) is 9.37 Å². The van der Waals surface area contributed by atoms with Gasteiger partial charge in [-0.1, -0.05) is 44.2 Å². The van der Waals surface area contributed by atoms with Crippen LogP contribution in [0.1, 0.15) is 36.8 Å². The predicted octanol–water partition coefficient (Wildman–Crippen LogP) is 6.26. The first kappa shape index (κ1) is 22.1. The fourth-order valence-corrected chi connectivity index (χ4v) is 4.31. The van der Waals surface area contributed by atoms with Crippen molar-refractivity contribution in [1.29, 1.82) is 0 Å². The molecule has 0 amide bonds. The highest BCUT2D eigenvalue weighted by Gasteiger charge is 2.18. The van der Waals surface area contributed by atoms with Crippen LogP contribution in [-0.4, -0.2) is 25.4 Å². The Morgan fingerprint density at radius 2 is 1.72 bits per heavy atom. The number of hydrogen-bond donors (Lipinski definition) is 1. The fraction of sp³-hybridized carbons (Fsp3) is 0.231. The lowest BCUT2D eigenvalue weighted by molar-refractivity contribution is 0.631. The Morgan fingerprint density at radius 1 is 1.00 bits per heavy atom. The number of H-pyrrole nitrogens is 1. The number of nitrogens with zero attached hydrogens (tertiary/aromatic N) is 2. The summed E-state index contributed by atoms with van der Waals surface area (Å²) < 4.78 is 26.3. The number of nitrogens with one attached hydrogen (secondary N) is 1. The van der Waals surface area contributed by atoms with E-state index in [0.717, 1.165) is 45.3 Å². The Labute approximate surface area is 190 Å². The summed E-state index contributed by atoms with van der Waals surface area (Å²) in [6.07, 6.45) is 1.67. The van der Waals surface area contributed by atoms with Gasteiger partial charge < -0.3 is 4.98 Å². The van der Waals surface area contributed by atoms with Crippen molar-refractivity contribution in [3.8, 4) is 33.8 Å². The maximum atomic E-state index is 14.8. The zero-order valence-corrected chi connectivity index (χ0v) is 19.5. The van der Waals surface area contributed by atoms with Gasteiger partial charge in [0.25, 0.3) is 0 Å². The van der Waals surface area contributed by atoms with Crippen molar-refractivity contribution < 1.29 is 8.60 Å². The molecule has 0 aliphatic heterocycles. The van der Waals surface area contributed by atoms with E-state index >= 15 is 0 Å². The van der Waals surface area contributed by atoms with Gasteiger partial charge in [0.1, 0.15) is 11.6 Å². The normalized spacial score (nSPS) is 12.3. The predicted molar refractivity (Wildman–Crippen MR) is 129 cm³/mol. The van der Waals surface area contributed by atoms with E-state index in [1.165, 1.54) is 6.07 Å². The maximum Gasteiger partial charge on any atom is 0.131 e. The highest BCUT2D eigenvalue weighted by atomic mass is 32.2. The van der Waals surface area contributed by atoms with E-state index in [0.29, 0.717) is 11.3 Å². The molecule has 2 aromatic heterocycles. The summed E-state index contributed by atoms with van der Waals surface area (Å²) in [7, 11) is -0.917.